The molecule has 2 fully saturated rings. The van der Waals surface area contributed by atoms with Gasteiger partial charge in [-0.05, 0) is 31.4 Å². The minimum absolute atomic E-state index is 0.0339. The molecular formula is C13H23N3O2S. The van der Waals surface area contributed by atoms with Gasteiger partial charge in [-0.15, -0.1) is 11.8 Å². The van der Waals surface area contributed by atoms with Crippen LogP contribution in [0.1, 0.15) is 51.4 Å². The van der Waals surface area contributed by atoms with E-state index in [4.69, 9.17) is 10.9 Å². The van der Waals surface area contributed by atoms with Gasteiger partial charge in [0, 0.05) is 0 Å². The summed E-state index contributed by atoms with van der Waals surface area (Å²) in [6.45, 7) is 0. The Morgan fingerprint density at radius 1 is 1.26 bits per heavy atom. The van der Waals surface area contributed by atoms with Gasteiger partial charge in [0.2, 0.25) is 5.91 Å². The van der Waals surface area contributed by atoms with Crippen molar-refractivity contribution in [1.82, 2.24) is 5.32 Å². The predicted octanol–water partition coefficient (Wildman–Crippen LogP) is 1.84. The molecule has 1 amide bonds. The maximum atomic E-state index is 12.3. The lowest BCUT2D eigenvalue weighted by Crippen LogP contribution is -2.58. The van der Waals surface area contributed by atoms with E-state index in [2.05, 4.69) is 10.5 Å². The van der Waals surface area contributed by atoms with Gasteiger partial charge >= 0.3 is 0 Å². The Bertz CT molecular complexity index is 346. The molecule has 0 aromatic rings. The number of nitrogens with two attached hydrogens (primary N) is 1. The first-order valence-corrected chi connectivity index (χ1v) is 8.14. The van der Waals surface area contributed by atoms with Gasteiger partial charge in [-0.25, -0.2) is 0 Å². The molecule has 4 N–H and O–H groups in total. The van der Waals surface area contributed by atoms with Gasteiger partial charge in [-0.2, -0.15) is 0 Å². The first kappa shape index (κ1) is 14.5. The average molecular weight is 285 g/mol. The molecule has 108 valence electrons. The van der Waals surface area contributed by atoms with Crippen LogP contribution in [0.5, 0.6) is 0 Å². The molecule has 2 rings (SSSR count). The third-order valence-electron chi connectivity index (χ3n) is 4.14. The number of oxime groups is 1. The van der Waals surface area contributed by atoms with E-state index < -0.39 is 5.54 Å². The van der Waals surface area contributed by atoms with Crippen molar-refractivity contribution in [1.29, 1.82) is 0 Å². The topological polar surface area (TPSA) is 87.7 Å². The summed E-state index contributed by atoms with van der Waals surface area (Å²) in [6, 6.07) is 0. The lowest BCUT2D eigenvalue weighted by atomic mass is 9.88. The Hall–Kier alpha value is -0.910. The highest BCUT2D eigenvalue weighted by Gasteiger charge is 2.39. The number of hydrogen-bond donors (Lipinski definition) is 3. The van der Waals surface area contributed by atoms with Crippen molar-refractivity contribution in [3.05, 3.63) is 0 Å². The number of carbonyl (C=O) groups is 1. The van der Waals surface area contributed by atoms with E-state index in [9.17, 15) is 4.79 Å². The first-order valence-electron chi connectivity index (χ1n) is 7.09. The number of rotatable bonds is 3. The summed E-state index contributed by atoms with van der Waals surface area (Å²) in [5, 5.41) is 15.3. The van der Waals surface area contributed by atoms with Crippen LogP contribution in [-0.2, 0) is 4.79 Å². The summed E-state index contributed by atoms with van der Waals surface area (Å²) < 4.78 is 0. The van der Waals surface area contributed by atoms with Gasteiger partial charge in [0.05, 0.1) is 5.25 Å². The highest BCUT2D eigenvalue weighted by molar-refractivity contribution is 8.00. The minimum atomic E-state index is -0.633. The number of thioether (sulfide) groups is 1. The summed E-state index contributed by atoms with van der Waals surface area (Å²) in [5.41, 5.74) is 5.24. The largest absolute Gasteiger partial charge is 0.409 e. The van der Waals surface area contributed by atoms with Crippen LogP contribution in [0.25, 0.3) is 0 Å². The van der Waals surface area contributed by atoms with Crippen LogP contribution in [0.2, 0.25) is 0 Å². The summed E-state index contributed by atoms with van der Waals surface area (Å²) >= 11 is 1.71. The van der Waals surface area contributed by atoms with Gasteiger partial charge in [-0.1, -0.05) is 30.8 Å². The minimum Gasteiger partial charge on any atom is -0.409 e. The smallest absolute Gasteiger partial charge is 0.233 e. The Kier molecular flexibility index (Phi) is 4.96. The molecule has 2 aliphatic rings. The molecule has 1 saturated carbocycles. The first-order chi connectivity index (χ1) is 9.18. The Morgan fingerprint density at radius 3 is 2.47 bits per heavy atom. The van der Waals surface area contributed by atoms with E-state index in [0.29, 0.717) is 0 Å². The van der Waals surface area contributed by atoms with Crippen LogP contribution < -0.4 is 11.1 Å². The van der Waals surface area contributed by atoms with Gasteiger partial charge in [-0.3, -0.25) is 4.79 Å². The van der Waals surface area contributed by atoms with Gasteiger partial charge in [0.15, 0.2) is 5.84 Å². The van der Waals surface area contributed by atoms with Crippen molar-refractivity contribution < 1.29 is 10.0 Å². The predicted molar refractivity (Wildman–Crippen MR) is 77.5 cm³/mol. The van der Waals surface area contributed by atoms with E-state index in [0.717, 1.165) is 57.1 Å². The van der Waals surface area contributed by atoms with Crippen LogP contribution in [0.4, 0.5) is 0 Å². The molecule has 1 saturated heterocycles. The van der Waals surface area contributed by atoms with Crippen molar-refractivity contribution in [2.45, 2.75) is 62.2 Å². The molecule has 1 aliphatic carbocycles. The molecule has 0 radical (unpaired) electrons. The maximum Gasteiger partial charge on any atom is 0.233 e. The van der Waals surface area contributed by atoms with Crippen molar-refractivity contribution >= 4 is 23.5 Å². The van der Waals surface area contributed by atoms with Crippen LogP contribution in [-0.4, -0.2) is 33.5 Å². The fourth-order valence-corrected chi connectivity index (χ4v) is 4.14. The zero-order valence-electron chi connectivity index (χ0n) is 11.2. The van der Waals surface area contributed by atoms with Crippen molar-refractivity contribution in [2.24, 2.45) is 10.9 Å². The zero-order chi connectivity index (χ0) is 13.7. The second-order valence-corrected chi connectivity index (χ2v) is 6.78. The fourth-order valence-electron chi connectivity index (χ4n) is 2.97. The van der Waals surface area contributed by atoms with Crippen molar-refractivity contribution in [2.75, 3.05) is 5.75 Å². The molecule has 0 aromatic heterocycles. The van der Waals surface area contributed by atoms with Crippen LogP contribution in [0.15, 0.2) is 5.16 Å². The Labute approximate surface area is 118 Å². The molecule has 1 aliphatic heterocycles. The van der Waals surface area contributed by atoms with E-state index in [1.54, 1.807) is 11.8 Å². The van der Waals surface area contributed by atoms with E-state index >= 15 is 0 Å². The van der Waals surface area contributed by atoms with Gasteiger partial charge < -0.3 is 16.3 Å². The van der Waals surface area contributed by atoms with E-state index in [-0.39, 0.29) is 17.0 Å². The number of hydrogen-bond acceptors (Lipinski definition) is 4. The van der Waals surface area contributed by atoms with Gasteiger partial charge in [0.1, 0.15) is 5.54 Å². The van der Waals surface area contributed by atoms with Gasteiger partial charge in [0.25, 0.3) is 0 Å². The monoisotopic (exact) mass is 285 g/mol. The second-order valence-electron chi connectivity index (χ2n) is 5.47. The number of nitrogens with zero attached hydrogens (tertiary/aromatic N) is 1. The summed E-state index contributed by atoms with van der Waals surface area (Å²) in [4.78, 5) is 12.3. The molecule has 0 aromatic carbocycles. The molecule has 0 bridgehead atoms. The van der Waals surface area contributed by atoms with Crippen molar-refractivity contribution in [3.8, 4) is 0 Å². The quantitative estimate of drug-likeness (QED) is 0.243. The highest BCUT2D eigenvalue weighted by Crippen LogP contribution is 2.30. The summed E-state index contributed by atoms with van der Waals surface area (Å²) in [7, 11) is 0. The number of amides is 1. The number of carbonyl (C=O) groups excluding carboxylic acids is 1. The third kappa shape index (κ3) is 3.35. The van der Waals surface area contributed by atoms with Crippen LogP contribution in [0, 0.1) is 0 Å². The molecule has 1 unspecified atom stereocenters. The third-order valence-corrected chi connectivity index (χ3v) is 5.52. The Balaban J connectivity index is 2.10. The number of nitrogens with one attached hydrogen (secondary N) is 1. The van der Waals surface area contributed by atoms with Crippen molar-refractivity contribution in [3.63, 3.8) is 0 Å². The Morgan fingerprint density at radius 2 is 1.95 bits per heavy atom. The molecule has 1 atom stereocenters. The fraction of sp³-hybridized carbons (Fsp3) is 0.846. The SMILES string of the molecule is NC(=NO)C1(NC(=O)C2CCCS2)CCCCCC1. The molecule has 5 nitrogen and oxygen atoms in total. The van der Waals surface area contributed by atoms with Crippen LogP contribution in [0.3, 0.4) is 0 Å². The number of amidine groups is 1. The molecule has 6 heteroatoms. The molecule has 19 heavy (non-hydrogen) atoms. The zero-order valence-corrected chi connectivity index (χ0v) is 12.0. The standard InChI is InChI=1S/C13H23N3O2S/c14-12(16-18)13(7-3-1-2-4-8-13)15-11(17)10-6-5-9-19-10/h10,18H,1-9H2,(H2,14,16)(H,15,17). The van der Waals surface area contributed by atoms with Crippen LogP contribution >= 0.6 is 11.8 Å². The summed E-state index contributed by atoms with van der Waals surface area (Å²) in [6.07, 6.45) is 7.88. The summed E-state index contributed by atoms with van der Waals surface area (Å²) in [5.74, 6) is 1.26. The lowest BCUT2D eigenvalue weighted by molar-refractivity contribution is -0.122. The van der Waals surface area contributed by atoms with E-state index in [1.165, 1.54) is 0 Å². The van der Waals surface area contributed by atoms with E-state index in [1.807, 2.05) is 0 Å². The molecular weight excluding hydrogens is 262 g/mol. The normalized spacial score (nSPS) is 27.8. The molecule has 1 heterocycles. The molecule has 0 spiro atoms. The maximum absolute atomic E-state index is 12.3. The average Bonchev–Trinajstić information content (AvgIpc) is 2.86. The second kappa shape index (κ2) is 6.50. The lowest BCUT2D eigenvalue weighted by Gasteiger charge is -2.33. The highest BCUT2D eigenvalue weighted by atomic mass is 32.2.